The minimum Gasteiger partial charge on any atom is -0.384 e. The van der Waals surface area contributed by atoms with Crippen molar-refractivity contribution in [3.05, 3.63) is 29.3 Å². The number of carbonyl (C=O) groups excluding carboxylic acids is 1. The lowest BCUT2D eigenvalue weighted by Crippen LogP contribution is -2.45. The van der Waals surface area contributed by atoms with Crippen molar-refractivity contribution in [1.29, 1.82) is 0 Å². The molecule has 0 spiro atoms. The third kappa shape index (κ3) is 4.55. The number of piperidine rings is 1. The maximum Gasteiger partial charge on any atom is 0.228 e. The second-order valence-corrected chi connectivity index (χ2v) is 8.35. The first-order valence-electron chi connectivity index (χ1n) is 8.19. The number of aryl methyl sites for hydroxylation is 2. The van der Waals surface area contributed by atoms with Gasteiger partial charge in [0.05, 0.1) is 18.3 Å². The smallest absolute Gasteiger partial charge is 0.228 e. The first-order chi connectivity index (χ1) is 11.3. The van der Waals surface area contributed by atoms with Gasteiger partial charge >= 0.3 is 0 Å². The molecule has 0 aromatic heterocycles. The van der Waals surface area contributed by atoms with E-state index in [1.165, 1.54) is 11.4 Å². The molecular weight excluding hydrogens is 328 g/mol. The number of ether oxygens (including phenoxy) is 1. The van der Waals surface area contributed by atoms with Crippen LogP contribution in [0.15, 0.2) is 18.2 Å². The van der Waals surface area contributed by atoms with Gasteiger partial charge in [-0.05, 0) is 37.8 Å². The van der Waals surface area contributed by atoms with E-state index in [9.17, 15) is 13.2 Å². The number of rotatable bonds is 6. The zero-order chi connectivity index (χ0) is 17.7. The lowest BCUT2D eigenvalue weighted by molar-refractivity contribution is -0.120. The molecule has 1 saturated heterocycles. The monoisotopic (exact) mass is 354 g/mol. The Hall–Kier alpha value is -1.44. The van der Waals surface area contributed by atoms with Crippen LogP contribution in [-0.4, -0.2) is 51.2 Å². The summed E-state index contributed by atoms with van der Waals surface area (Å²) in [6.07, 6.45) is 1.39. The van der Waals surface area contributed by atoms with Gasteiger partial charge in [-0.15, -0.1) is 0 Å². The summed E-state index contributed by atoms with van der Waals surface area (Å²) < 4.78 is 30.9. The van der Waals surface area contributed by atoms with Crippen molar-refractivity contribution < 1.29 is 17.9 Å². The molecule has 0 saturated carbocycles. The Kier molecular flexibility index (Phi) is 6.37. The van der Waals surface area contributed by atoms with Crippen LogP contribution in [0.1, 0.15) is 24.0 Å². The van der Waals surface area contributed by atoms with E-state index in [-0.39, 0.29) is 30.7 Å². The van der Waals surface area contributed by atoms with Crippen molar-refractivity contribution in [2.75, 3.05) is 37.9 Å². The molecule has 1 aromatic carbocycles. The molecule has 6 nitrogen and oxygen atoms in total. The number of nitrogens with zero attached hydrogens (tertiary/aromatic N) is 1. The average Bonchev–Trinajstić information content (AvgIpc) is 2.56. The largest absolute Gasteiger partial charge is 0.384 e. The van der Waals surface area contributed by atoms with Gasteiger partial charge in [0.2, 0.25) is 15.9 Å². The van der Waals surface area contributed by atoms with Gasteiger partial charge in [0.15, 0.2) is 0 Å². The van der Waals surface area contributed by atoms with Gasteiger partial charge in [0, 0.05) is 25.9 Å². The van der Waals surface area contributed by atoms with Crippen LogP contribution in [0, 0.1) is 19.8 Å². The standard InChI is InChI=1S/C17H26N2O4S/c1-13-6-4-7-14(2)16(13)18-17(20)15-8-5-9-19(12-15)24(21,22)11-10-23-3/h4,6-7,15H,5,8-12H2,1-3H3,(H,18,20). The van der Waals surface area contributed by atoms with Crippen LogP contribution < -0.4 is 5.32 Å². The van der Waals surface area contributed by atoms with Crippen LogP contribution in [0.25, 0.3) is 0 Å². The first kappa shape index (κ1) is 18.9. The van der Waals surface area contributed by atoms with Crippen molar-refractivity contribution in [1.82, 2.24) is 4.31 Å². The second kappa shape index (κ2) is 8.09. The molecule has 1 aliphatic rings. The molecule has 1 fully saturated rings. The normalized spacial score (nSPS) is 19.2. The predicted molar refractivity (Wildman–Crippen MR) is 94.5 cm³/mol. The third-order valence-electron chi connectivity index (χ3n) is 4.42. The van der Waals surface area contributed by atoms with Crippen LogP contribution in [0.3, 0.4) is 0 Å². The third-order valence-corrected chi connectivity index (χ3v) is 6.22. The Morgan fingerprint density at radius 1 is 1.33 bits per heavy atom. The molecule has 1 N–H and O–H groups in total. The summed E-state index contributed by atoms with van der Waals surface area (Å²) in [5.41, 5.74) is 2.83. The number of para-hydroxylation sites is 1. The zero-order valence-corrected chi connectivity index (χ0v) is 15.4. The van der Waals surface area contributed by atoms with Crippen molar-refractivity contribution in [2.24, 2.45) is 5.92 Å². The molecule has 1 atom stereocenters. The number of benzene rings is 1. The highest BCUT2D eigenvalue weighted by Gasteiger charge is 2.32. The van der Waals surface area contributed by atoms with Crippen LogP contribution in [0.2, 0.25) is 0 Å². The highest BCUT2D eigenvalue weighted by Crippen LogP contribution is 2.24. The fourth-order valence-corrected chi connectivity index (χ4v) is 4.41. The number of methoxy groups -OCH3 is 1. The lowest BCUT2D eigenvalue weighted by Gasteiger charge is -2.31. The Morgan fingerprint density at radius 3 is 2.62 bits per heavy atom. The van der Waals surface area contributed by atoms with Crippen molar-refractivity contribution in [3.63, 3.8) is 0 Å². The highest BCUT2D eigenvalue weighted by molar-refractivity contribution is 7.89. The fourth-order valence-electron chi connectivity index (χ4n) is 2.96. The molecule has 24 heavy (non-hydrogen) atoms. The molecule has 0 bridgehead atoms. The summed E-state index contributed by atoms with van der Waals surface area (Å²) in [6.45, 7) is 4.77. The van der Waals surface area contributed by atoms with E-state index in [4.69, 9.17) is 4.74 Å². The van der Waals surface area contributed by atoms with E-state index < -0.39 is 10.0 Å². The zero-order valence-electron chi connectivity index (χ0n) is 14.5. The van der Waals surface area contributed by atoms with E-state index in [1.54, 1.807) is 0 Å². The van der Waals surface area contributed by atoms with E-state index in [0.717, 1.165) is 16.8 Å². The number of amides is 1. The maximum atomic E-state index is 12.6. The molecule has 134 valence electrons. The minimum absolute atomic E-state index is 0.0469. The van der Waals surface area contributed by atoms with Gasteiger partial charge in [-0.25, -0.2) is 12.7 Å². The SMILES string of the molecule is COCCS(=O)(=O)N1CCCC(C(=O)Nc2c(C)cccc2C)C1. The topological polar surface area (TPSA) is 75.7 Å². The number of anilines is 1. The van der Waals surface area contributed by atoms with E-state index in [0.29, 0.717) is 19.4 Å². The summed E-state index contributed by atoms with van der Waals surface area (Å²) in [5, 5.41) is 2.98. The van der Waals surface area contributed by atoms with Crippen LogP contribution in [0.4, 0.5) is 5.69 Å². The molecule has 0 radical (unpaired) electrons. The maximum absolute atomic E-state index is 12.6. The lowest BCUT2D eigenvalue weighted by atomic mass is 9.98. The number of hydrogen-bond donors (Lipinski definition) is 1. The van der Waals surface area contributed by atoms with Crippen molar-refractivity contribution in [3.8, 4) is 0 Å². The van der Waals surface area contributed by atoms with Gasteiger partial charge in [-0.1, -0.05) is 18.2 Å². The predicted octanol–water partition coefficient (Wildman–Crippen LogP) is 1.93. The van der Waals surface area contributed by atoms with E-state index >= 15 is 0 Å². The molecule has 1 heterocycles. The summed E-state index contributed by atoms with van der Waals surface area (Å²) in [6, 6.07) is 5.85. The Balaban J connectivity index is 2.05. The molecular formula is C17H26N2O4S. The number of sulfonamides is 1. The molecule has 1 aromatic rings. The van der Waals surface area contributed by atoms with Crippen LogP contribution in [-0.2, 0) is 19.6 Å². The average molecular weight is 354 g/mol. The van der Waals surface area contributed by atoms with Crippen LogP contribution in [0.5, 0.6) is 0 Å². The fraction of sp³-hybridized carbons (Fsp3) is 0.588. The summed E-state index contributed by atoms with van der Waals surface area (Å²) in [4.78, 5) is 12.6. The summed E-state index contributed by atoms with van der Waals surface area (Å²) in [5.74, 6) is -0.483. The molecule has 7 heteroatoms. The molecule has 1 unspecified atom stereocenters. The van der Waals surface area contributed by atoms with Gasteiger partial charge in [-0.3, -0.25) is 4.79 Å². The summed E-state index contributed by atoms with van der Waals surface area (Å²) in [7, 11) is -1.89. The van der Waals surface area contributed by atoms with Gasteiger partial charge in [0.1, 0.15) is 0 Å². The van der Waals surface area contributed by atoms with Gasteiger partial charge < -0.3 is 10.1 Å². The summed E-state index contributed by atoms with van der Waals surface area (Å²) >= 11 is 0. The van der Waals surface area contributed by atoms with Crippen molar-refractivity contribution >= 4 is 21.6 Å². The Morgan fingerprint density at radius 2 is 2.00 bits per heavy atom. The molecule has 0 aliphatic carbocycles. The van der Waals surface area contributed by atoms with E-state index in [1.807, 2.05) is 32.0 Å². The first-order valence-corrected chi connectivity index (χ1v) is 9.80. The number of nitrogens with one attached hydrogen (secondary N) is 1. The Bertz CT molecular complexity index is 668. The number of carbonyl (C=O) groups is 1. The molecule has 2 rings (SSSR count). The van der Waals surface area contributed by atoms with Gasteiger partial charge in [0.25, 0.3) is 0 Å². The second-order valence-electron chi connectivity index (χ2n) is 6.26. The van der Waals surface area contributed by atoms with Crippen LogP contribution >= 0.6 is 0 Å². The molecule has 1 amide bonds. The molecule has 1 aliphatic heterocycles. The Labute approximate surface area is 144 Å². The van der Waals surface area contributed by atoms with Gasteiger partial charge in [-0.2, -0.15) is 0 Å². The van der Waals surface area contributed by atoms with E-state index in [2.05, 4.69) is 5.32 Å². The van der Waals surface area contributed by atoms with Crippen molar-refractivity contribution in [2.45, 2.75) is 26.7 Å². The minimum atomic E-state index is -3.37. The highest BCUT2D eigenvalue weighted by atomic mass is 32.2. The number of hydrogen-bond acceptors (Lipinski definition) is 4. The quantitative estimate of drug-likeness (QED) is 0.847.